The van der Waals surface area contributed by atoms with Crippen LogP contribution in [0.15, 0.2) is 18.3 Å². The van der Waals surface area contributed by atoms with Gasteiger partial charge in [0, 0.05) is 22.9 Å². The van der Waals surface area contributed by atoms with E-state index in [2.05, 4.69) is 49.9 Å². The van der Waals surface area contributed by atoms with E-state index >= 15 is 0 Å². The summed E-state index contributed by atoms with van der Waals surface area (Å²) in [5.41, 5.74) is 0. The Hall–Kier alpha value is -0.360. The first-order chi connectivity index (χ1) is 7.81. The predicted octanol–water partition coefficient (Wildman–Crippen LogP) is 1.73. The van der Waals surface area contributed by atoms with Crippen molar-refractivity contribution in [3.63, 3.8) is 0 Å². The molecule has 16 heavy (non-hydrogen) atoms. The van der Waals surface area contributed by atoms with E-state index in [0.717, 1.165) is 30.7 Å². The number of halogens is 1. The van der Waals surface area contributed by atoms with Gasteiger partial charge in [0.1, 0.15) is 5.82 Å². The van der Waals surface area contributed by atoms with E-state index in [0.29, 0.717) is 0 Å². The molecule has 2 bridgehead atoms. The van der Waals surface area contributed by atoms with Gasteiger partial charge in [0.2, 0.25) is 0 Å². The Morgan fingerprint density at radius 2 is 2.00 bits per heavy atom. The van der Waals surface area contributed by atoms with Crippen molar-refractivity contribution < 1.29 is 0 Å². The third-order valence-corrected chi connectivity index (χ3v) is 4.16. The molecule has 0 saturated carbocycles. The van der Waals surface area contributed by atoms with Gasteiger partial charge in [-0.1, -0.05) is 0 Å². The first-order valence-electron chi connectivity index (χ1n) is 5.88. The average molecular weight is 329 g/mol. The number of hydrogen-bond donors (Lipinski definition) is 1. The van der Waals surface area contributed by atoms with E-state index in [1.807, 2.05) is 6.20 Å². The van der Waals surface area contributed by atoms with Gasteiger partial charge in [-0.2, -0.15) is 0 Å². The SMILES string of the molecule is Ic1ccc(N2CC3CNCC(C3)C2)nc1. The summed E-state index contributed by atoms with van der Waals surface area (Å²) >= 11 is 2.30. The van der Waals surface area contributed by atoms with Crippen molar-refractivity contribution >= 4 is 28.4 Å². The van der Waals surface area contributed by atoms with Crippen LogP contribution in [0, 0.1) is 15.4 Å². The van der Waals surface area contributed by atoms with Crippen LogP contribution < -0.4 is 10.2 Å². The number of pyridine rings is 1. The topological polar surface area (TPSA) is 28.2 Å². The number of nitrogens with zero attached hydrogens (tertiary/aromatic N) is 2. The van der Waals surface area contributed by atoms with Crippen LogP contribution in [-0.2, 0) is 0 Å². The Labute approximate surface area is 110 Å². The summed E-state index contributed by atoms with van der Waals surface area (Å²) in [6.07, 6.45) is 3.35. The lowest BCUT2D eigenvalue weighted by Gasteiger charge is -2.42. The molecule has 1 aromatic rings. The molecule has 0 spiro atoms. The van der Waals surface area contributed by atoms with Crippen LogP contribution in [0.2, 0.25) is 0 Å². The second-order valence-corrected chi connectivity index (χ2v) is 6.11. The molecule has 4 heteroatoms. The predicted molar refractivity (Wildman–Crippen MR) is 73.6 cm³/mol. The Morgan fingerprint density at radius 3 is 2.62 bits per heavy atom. The minimum Gasteiger partial charge on any atom is -0.356 e. The van der Waals surface area contributed by atoms with Gasteiger partial charge in [0.05, 0.1) is 0 Å². The average Bonchev–Trinajstić information content (AvgIpc) is 2.29. The molecule has 2 atom stereocenters. The van der Waals surface area contributed by atoms with Crippen molar-refractivity contribution in [1.82, 2.24) is 10.3 Å². The number of piperidine rings is 2. The Morgan fingerprint density at radius 1 is 1.25 bits per heavy atom. The standard InChI is InChI=1S/C12H16IN3/c13-11-1-2-12(15-6-11)16-7-9-3-10(8-16)5-14-4-9/h1-2,6,9-10,14H,3-5,7-8H2. The molecule has 86 valence electrons. The first kappa shape index (κ1) is 10.8. The van der Waals surface area contributed by atoms with Crippen molar-refractivity contribution in [1.29, 1.82) is 0 Å². The van der Waals surface area contributed by atoms with Crippen molar-refractivity contribution in [2.24, 2.45) is 11.8 Å². The largest absolute Gasteiger partial charge is 0.356 e. The summed E-state index contributed by atoms with van der Waals surface area (Å²) in [6.45, 7) is 4.68. The van der Waals surface area contributed by atoms with Gasteiger partial charge in [-0.25, -0.2) is 4.98 Å². The summed E-state index contributed by atoms with van der Waals surface area (Å²) in [4.78, 5) is 6.98. The van der Waals surface area contributed by atoms with Crippen molar-refractivity contribution in [3.8, 4) is 0 Å². The summed E-state index contributed by atoms with van der Waals surface area (Å²) < 4.78 is 1.21. The second kappa shape index (κ2) is 4.49. The van der Waals surface area contributed by atoms with Gasteiger partial charge >= 0.3 is 0 Å². The van der Waals surface area contributed by atoms with Gasteiger partial charge < -0.3 is 10.2 Å². The van der Waals surface area contributed by atoms with E-state index in [1.165, 1.54) is 23.1 Å². The molecule has 0 amide bonds. The molecular formula is C12H16IN3. The van der Waals surface area contributed by atoms with Crippen LogP contribution in [0.25, 0.3) is 0 Å². The normalized spacial score (nSPS) is 29.2. The molecule has 0 radical (unpaired) electrons. The highest BCUT2D eigenvalue weighted by Gasteiger charge is 2.30. The lowest BCUT2D eigenvalue weighted by Crippen LogP contribution is -2.51. The molecule has 2 aliphatic rings. The lowest BCUT2D eigenvalue weighted by molar-refractivity contribution is 0.249. The Bertz CT molecular complexity index is 353. The fourth-order valence-corrected chi connectivity index (χ4v) is 3.17. The van der Waals surface area contributed by atoms with Crippen LogP contribution in [0.1, 0.15) is 6.42 Å². The third-order valence-electron chi connectivity index (χ3n) is 3.53. The number of aromatic nitrogens is 1. The Kier molecular flexibility index (Phi) is 3.02. The van der Waals surface area contributed by atoms with Crippen LogP contribution in [0.3, 0.4) is 0 Å². The molecular weight excluding hydrogens is 313 g/mol. The summed E-state index contributed by atoms with van der Waals surface area (Å²) in [5, 5.41) is 3.52. The van der Waals surface area contributed by atoms with E-state index in [-0.39, 0.29) is 0 Å². The summed E-state index contributed by atoms with van der Waals surface area (Å²) in [7, 11) is 0. The minimum absolute atomic E-state index is 0.813. The van der Waals surface area contributed by atoms with Crippen LogP contribution in [-0.4, -0.2) is 31.2 Å². The lowest BCUT2D eigenvalue weighted by atomic mass is 9.86. The highest BCUT2D eigenvalue weighted by Crippen LogP contribution is 2.27. The molecule has 0 aromatic carbocycles. The van der Waals surface area contributed by atoms with E-state index in [1.54, 1.807) is 0 Å². The molecule has 1 aromatic heterocycles. The monoisotopic (exact) mass is 329 g/mol. The van der Waals surface area contributed by atoms with Crippen LogP contribution >= 0.6 is 22.6 Å². The highest BCUT2D eigenvalue weighted by atomic mass is 127. The molecule has 2 fully saturated rings. The summed E-state index contributed by atoms with van der Waals surface area (Å²) in [6, 6.07) is 4.29. The zero-order valence-corrected chi connectivity index (χ0v) is 11.4. The third kappa shape index (κ3) is 2.18. The molecule has 2 aliphatic heterocycles. The van der Waals surface area contributed by atoms with Gasteiger partial charge in [-0.3, -0.25) is 0 Å². The van der Waals surface area contributed by atoms with Gasteiger partial charge in [0.25, 0.3) is 0 Å². The van der Waals surface area contributed by atoms with Crippen molar-refractivity contribution in [2.45, 2.75) is 6.42 Å². The number of anilines is 1. The maximum absolute atomic E-state index is 4.53. The number of fused-ring (bicyclic) bond motifs is 2. The minimum atomic E-state index is 0.813. The van der Waals surface area contributed by atoms with Gasteiger partial charge in [0.15, 0.2) is 0 Å². The van der Waals surface area contributed by atoms with Crippen molar-refractivity contribution in [2.75, 3.05) is 31.1 Å². The first-order valence-corrected chi connectivity index (χ1v) is 6.96. The maximum atomic E-state index is 4.53. The zero-order chi connectivity index (χ0) is 11.0. The number of nitrogens with one attached hydrogen (secondary N) is 1. The fourth-order valence-electron chi connectivity index (χ4n) is 2.85. The smallest absolute Gasteiger partial charge is 0.128 e. The highest BCUT2D eigenvalue weighted by molar-refractivity contribution is 14.1. The molecule has 0 aliphatic carbocycles. The molecule has 2 unspecified atom stereocenters. The molecule has 1 N–H and O–H groups in total. The molecule has 3 rings (SSSR count). The van der Waals surface area contributed by atoms with Gasteiger partial charge in [-0.15, -0.1) is 0 Å². The molecule has 2 saturated heterocycles. The van der Waals surface area contributed by atoms with E-state index in [4.69, 9.17) is 0 Å². The van der Waals surface area contributed by atoms with E-state index < -0.39 is 0 Å². The Balaban J connectivity index is 1.77. The van der Waals surface area contributed by atoms with Crippen LogP contribution in [0.4, 0.5) is 5.82 Å². The molecule has 3 heterocycles. The number of hydrogen-bond acceptors (Lipinski definition) is 3. The number of rotatable bonds is 1. The molecule has 3 nitrogen and oxygen atoms in total. The van der Waals surface area contributed by atoms with Crippen molar-refractivity contribution in [3.05, 3.63) is 21.9 Å². The summed E-state index contributed by atoms with van der Waals surface area (Å²) in [5.74, 6) is 2.78. The quantitative estimate of drug-likeness (QED) is 0.796. The maximum Gasteiger partial charge on any atom is 0.128 e. The second-order valence-electron chi connectivity index (χ2n) is 4.87. The fraction of sp³-hybridized carbons (Fsp3) is 0.583. The van der Waals surface area contributed by atoms with Crippen LogP contribution in [0.5, 0.6) is 0 Å². The van der Waals surface area contributed by atoms with Gasteiger partial charge in [-0.05, 0) is 66.1 Å². The van der Waals surface area contributed by atoms with E-state index in [9.17, 15) is 0 Å². The zero-order valence-electron chi connectivity index (χ0n) is 9.19.